The molecule has 0 bridgehead atoms. The minimum absolute atomic E-state index is 0.124. The van der Waals surface area contributed by atoms with Gasteiger partial charge in [-0.2, -0.15) is 0 Å². The Bertz CT molecular complexity index is 1250. The number of benzene rings is 2. The molecule has 3 rings (SSSR count). The summed E-state index contributed by atoms with van der Waals surface area (Å²) in [5, 5.41) is 5.90. The molecule has 9 nitrogen and oxygen atoms in total. The number of hydrogen-bond acceptors (Lipinski definition) is 6. The summed E-state index contributed by atoms with van der Waals surface area (Å²) >= 11 is 0. The van der Waals surface area contributed by atoms with Crippen molar-refractivity contribution < 1.29 is 23.9 Å². The smallest absolute Gasteiger partial charge is 0.408 e. The Balaban J connectivity index is 1.91. The Morgan fingerprint density at radius 2 is 1.61 bits per heavy atom. The van der Waals surface area contributed by atoms with Gasteiger partial charge in [0.05, 0.1) is 0 Å². The van der Waals surface area contributed by atoms with Crippen LogP contribution in [0.25, 0.3) is 0 Å². The van der Waals surface area contributed by atoms with E-state index >= 15 is 0 Å². The number of carbonyl (C=O) groups excluding carboxylic acids is 3. The third-order valence-electron chi connectivity index (χ3n) is 7.55. The highest BCUT2D eigenvalue weighted by Crippen LogP contribution is 2.34. The molecule has 2 atom stereocenters. The zero-order valence-electron chi connectivity index (χ0n) is 28.0. The lowest BCUT2D eigenvalue weighted by Gasteiger charge is -2.39. The van der Waals surface area contributed by atoms with Crippen LogP contribution in [0.3, 0.4) is 0 Å². The molecular formula is C35H52N4O5. The molecule has 0 aliphatic carbocycles. The molecule has 0 fully saturated rings. The van der Waals surface area contributed by atoms with Crippen LogP contribution in [0.15, 0.2) is 48.5 Å². The van der Waals surface area contributed by atoms with Crippen LogP contribution in [0.2, 0.25) is 0 Å². The number of para-hydroxylation sites is 1. The fourth-order valence-electron chi connectivity index (χ4n) is 5.67. The van der Waals surface area contributed by atoms with Gasteiger partial charge in [-0.1, -0.05) is 38.1 Å². The van der Waals surface area contributed by atoms with Crippen molar-refractivity contribution in [2.75, 3.05) is 19.6 Å². The summed E-state index contributed by atoms with van der Waals surface area (Å²) in [7, 11) is 0. The standard InChI is InChI=1S/C35H52N4O5/c1-23(2)21-30(37-34(42)44-35(7,8)9)33(41)39-19-17-26-22-28(43-27-13-11-10-12-14-27)15-16-29(26)31(39)32(40)36-18-20-38(24(3)4)25(5)6/h10-16,22-25,30-31H,17-21H2,1-9H3,(H,36,40)(H,37,42). The zero-order valence-corrected chi connectivity index (χ0v) is 28.0. The molecule has 0 saturated heterocycles. The Morgan fingerprint density at radius 1 is 0.955 bits per heavy atom. The van der Waals surface area contributed by atoms with Gasteiger partial charge in [-0.3, -0.25) is 14.5 Å². The molecule has 2 N–H and O–H groups in total. The Morgan fingerprint density at radius 3 is 2.20 bits per heavy atom. The highest BCUT2D eigenvalue weighted by atomic mass is 16.6. The van der Waals surface area contributed by atoms with Crippen LogP contribution in [0.4, 0.5) is 4.79 Å². The van der Waals surface area contributed by atoms with E-state index in [0.717, 1.165) is 16.9 Å². The number of ether oxygens (including phenoxy) is 2. The van der Waals surface area contributed by atoms with Gasteiger partial charge in [0.1, 0.15) is 29.2 Å². The minimum Gasteiger partial charge on any atom is -0.457 e. The molecule has 1 aliphatic heterocycles. The zero-order chi connectivity index (χ0) is 32.6. The highest BCUT2D eigenvalue weighted by molar-refractivity contribution is 5.92. The van der Waals surface area contributed by atoms with Crippen molar-refractivity contribution >= 4 is 17.9 Å². The molecule has 0 spiro atoms. The SMILES string of the molecule is CC(C)CC(NC(=O)OC(C)(C)C)C(=O)N1CCc2cc(Oc3ccccc3)ccc2C1C(=O)NCCN(C(C)C)C(C)C. The number of rotatable bonds is 12. The van der Waals surface area contributed by atoms with Crippen molar-refractivity contribution in [2.24, 2.45) is 5.92 Å². The summed E-state index contributed by atoms with van der Waals surface area (Å²) in [5.41, 5.74) is 1.00. The number of alkyl carbamates (subject to hydrolysis) is 1. The Labute approximate surface area is 263 Å². The van der Waals surface area contributed by atoms with Crippen LogP contribution >= 0.6 is 0 Å². The summed E-state index contributed by atoms with van der Waals surface area (Å²) in [4.78, 5) is 44.8. The van der Waals surface area contributed by atoms with Crippen LogP contribution in [0, 0.1) is 5.92 Å². The van der Waals surface area contributed by atoms with E-state index in [-0.39, 0.29) is 17.7 Å². The van der Waals surface area contributed by atoms with E-state index < -0.39 is 23.8 Å². The molecule has 0 saturated carbocycles. The summed E-state index contributed by atoms with van der Waals surface area (Å²) in [6, 6.07) is 14.2. The molecule has 1 aliphatic rings. The first kappa shape index (κ1) is 34.9. The van der Waals surface area contributed by atoms with Gasteiger partial charge in [0, 0.05) is 31.7 Å². The van der Waals surface area contributed by atoms with Crippen molar-refractivity contribution in [2.45, 2.75) is 105 Å². The Hall–Kier alpha value is -3.59. The lowest BCUT2D eigenvalue weighted by Crippen LogP contribution is -2.55. The lowest BCUT2D eigenvalue weighted by atomic mass is 9.90. The first-order valence-corrected chi connectivity index (χ1v) is 15.9. The van der Waals surface area contributed by atoms with Crippen LogP contribution in [0.5, 0.6) is 11.5 Å². The number of nitrogens with zero attached hydrogens (tertiary/aromatic N) is 2. The maximum atomic E-state index is 14.2. The average Bonchev–Trinajstić information content (AvgIpc) is 2.92. The van der Waals surface area contributed by atoms with E-state index in [9.17, 15) is 14.4 Å². The maximum Gasteiger partial charge on any atom is 0.408 e. The van der Waals surface area contributed by atoms with Crippen LogP contribution in [-0.4, -0.2) is 71.1 Å². The molecule has 1 heterocycles. The third kappa shape index (κ3) is 9.97. The number of hydrogen-bond donors (Lipinski definition) is 2. The van der Waals surface area contributed by atoms with Gasteiger partial charge >= 0.3 is 6.09 Å². The van der Waals surface area contributed by atoms with Crippen LogP contribution in [-0.2, 0) is 20.7 Å². The van der Waals surface area contributed by atoms with E-state index in [1.54, 1.807) is 25.7 Å². The van der Waals surface area contributed by atoms with E-state index in [1.807, 2.05) is 62.4 Å². The molecule has 242 valence electrons. The molecule has 44 heavy (non-hydrogen) atoms. The summed E-state index contributed by atoms with van der Waals surface area (Å²) in [6.07, 6.45) is 0.309. The van der Waals surface area contributed by atoms with Crippen molar-refractivity contribution in [1.82, 2.24) is 20.4 Å². The molecule has 9 heteroatoms. The molecule has 2 aromatic rings. The molecule has 2 unspecified atom stereocenters. The van der Waals surface area contributed by atoms with Crippen molar-refractivity contribution in [3.63, 3.8) is 0 Å². The number of amides is 3. The lowest BCUT2D eigenvalue weighted by molar-refractivity contribution is -0.143. The number of fused-ring (bicyclic) bond motifs is 1. The van der Waals surface area contributed by atoms with Crippen molar-refractivity contribution in [3.05, 3.63) is 59.7 Å². The van der Waals surface area contributed by atoms with Gasteiger partial charge in [0.2, 0.25) is 11.8 Å². The number of nitrogens with one attached hydrogen (secondary N) is 2. The first-order valence-electron chi connectivity index (χ1n) is 15.9. The summed E-state index contributed by atoms with van der Waals surface area (Å²) in [5.74, 6) is 0.968. The molecular weight excluding hydrogens is 556 g/mol. The normalized spacial score (nSPS) is 15.8. The van der Waals surface area contributed by atoms with Gasteiger partial charge in [-0.15, -0.1) is 0 Å². The molecule has 0 aromatic heterocycles. The maximum absolute atomic E-state index is 14.2. The number of carbonyl (C=O) groups is 3. The van der Waals surface area contributed by atoms with Crippen LogP contribution in [0.1, 0.15) is 85.9 Å². The van der Waals surface area contributed by atoms with E-state index in [2.05, 4.69) is 43.2 Å². The second-order valence-corrected chi connectivity index (χ2v) is 13.5. The molecule has 0 radical (unpaired) electrons. The highest BCUT2D eigenvalue weighted by Gasteiger charge is 2.39. The van der Waals surface area contributed by atoms with Crippen LogP contribution < -0.4 is 15.4 Å². The first-order chi connectivity index (χ1) is 20.7. The van der Waals surface area contributed by atoms with Crippen molar-refractivity contribution in [3.8, 4) is 11.5 Å². The van der Waals surface area contributed by atoms with Gasteiger partial charge < -0.3 is 25.0 Å². The van der Waals surface area contributed by atoms with Gasteiger partial charge in [0.25, 0.3) is 0 Å². The predicted molar refractivity (Wildman–Crippen MR) is 174 cm³/mol. The average molecular weight is 609 g/mol. The second kappa shape index (κ2) is 15.4. The summed E-state index contributed by atoms with van der Waals surface area (Å²) < 4.78 is 11.5. The fraction of sp³-hybridized carbons (Fsp3) is 0.571. The second-order valence-electron chi connectivity index (χ2n) is 13.5. The Kier molecular flexibility index (Phi) is 12.2. The van der Waals surface area contributed by atoms with Gasteiger partial charge in [0.15, 0.2) is 0 Å². The monoisotopic (exact) mass is 608 g/mol. The topological polar surface area (TPSA) is 100 Å². The fourth-order valence-corrected chi connectivity index (χ4v) is 5.67. The minimum atomic E-state index is -0.848. The predicted octanol–water partition coefficient (Wildman–Crippen LogP) is 6.08. The quantitative estimate of drug-likeness (QED) is 0.303. The van der Waals surface area contributed by atoms with E-state index in [0.29, 0.717) is 50.3 Å². The summed E-state index contributed by atoms with van der Waals surface area (Å²) in [6.45, 7) is 19.4. The molecule has 2 aromatic carbocycles. The third-order valence-corrected chi connectivity index (χ3v) is 7.55. The van der Waals surface area contributed by atoms with E-state index in [1.165, 1.54) is 0 Å². The van der Waals surface area contributed by atoms with Crippen molar-refractivity contribution in [1.29, 1.82) is 0 Å². The largest absolute Gasteiger partial charge is 0.457 e. The molecule has 3 amide bonds. The van der Waals surface area contributed by atoms with Gasteiger partial charge in [-0.05, 0) is 103 Å². The van der Waals surface area contributed by atoms with E-state index in [4.69, 9.17) is 9.47 Å². The van der Waals surface area contributed by atoms with Gasteiger partial charge in [-0.25, -0.2) is 4.79 Å².